The summed E-state index contributed by atoms with van der Waals surface area (Å²) >= 11 is 1.50. The molecular weight excluding hydrogens is 324 g/mol. The lowest BCUT2D eigenvalue weighted by molar-refractivity contribution is -0.121. The van der Waals surface area contributed by atoms with E-state index in [9.17, 15) is 9.90 Å². The number of carbonyl (C=O) groups is 1. The highest BCUT2D eigenvalue weighted by Crippen LogP contribution is 2.44. The standard InChI is InChI=1S/C17H18N4O2S/c22-10-17(5-6-17)9-18-15(23)7-21-14-4-2-1-3-12(14)20-16(21)13-8-24-11-19-13/h1-4,8,11,22H,5-7,9-10H2,(H,18,23). The molecule has 7 heteroatoms. The number of rotatable bonds is 6. The van der Waals surface area contributed by atoms with Crippen LogP contribution in [0.3, 0.4) is 0 Å². The summed E-state index contributed by atoms with van der Waals surface area (Å²) in [5.74, 6) is 0.630. The van der Waals surface area contributed by atoms with Gasteiger partial charge in [0.1, 0.15) is 12.2 Å². The minimum atomic E-state index is -0.0928. The third-order valence-electron chi connectivity index (χ3n) is 4.57. The maximum absolute atomic E-state index is 12.4. The zero-order valence-electron chi connectivity index (χ0n) is 13.1. The van der Waals surface area contributed by atoms with Crippen molar-refractivity contribution in [3.05, 3.63) is 35.2 Å². The molecule has 4 rings (SSSR count). The summed E-state index contributed by atoms with van der Waals surface area (Å²) in [6.07, 6.45) is 1.95. The van der Waals surface area contributed by atoms with Crippen molar-refractivity contribution in [1.29, 1.82) is 0 Å². The first-order valence-corrected chi connectivity index (χ1v) is 8.86. The zero-order chi connectivity index (χ0) is 16.6. The fourth-order valence-corrected chi connectivity index (χ4v) is 3.34. The average molecular weight is 342 g/mol. The SMILES string of the molecule is O=C(Cn1c(-c2cscn2)nc2ccccc21)NCC1(CO)CC1. The molecular formula is C17H18N4O2S. The fraction of sp³-hybridized carbons (Fsp3) is 0.353. The number of thiazole rings is 1. The summed E-state index contributed by atoms with van der Waals surface area (Å²) in [5.41, 5.74) is 4.21. The topological polar surface area (TPSA) is 80.0 Å². The molecule has 124 valence electrons. The molecule has 0 bridgehead atoms. The molecule has 6 nitrogen and oxygen atoms in total. The van der Waals surface area contributed by atoms with E-state index < -0.39 is 0 Å². The summed E-state index contributed by atoms with van der Waals surface area (Å²) in [7, 11) is 0. The Balaban J connectivity index is 1.60. The number of nitrogens with zero attached hydrogens (tertiary/aromatic N) is 3. The Kier molecular flexibility index (Phi) is 3.82. The molecule has 1 aliphatic carbocycles. The molecule has 0 aliphatic heterocycles. The molecule has 1 aliphatic rings. The number of hydrogen-bond acceptors (Lipinski definition) is 5. The second-order valence-corrected chi connectivity index (χ2v) is 7.04. The number of benzene rings is 1. The van der Waals surface area contributed by atoms with Crippen molar-refractivity contribution in [3.63, 3.8) is 0 Å². The second-order valence-electron chi connectivity index (χ2n) is 6.32. The number of amides is 1. The van der Waals surface area contributed by atoms with Crippen molar-refractivity contribution >= 4 is 28.3 Å². The number of fused-ring (bicyclic) bond motifs is 1. The Labute approximate surface area is 143 Å². The van der Waals surface area contributed by atoms with E-state index in [1.54, 1.807) is 5.51 Å². The van der Waals surface area contributed by atoms with Crippen LogP contribution in [0.2, 0.25) is 0 Å². The van der Waals surface area contributed by atoms with Gasteiger partial charge in [-0.2, -0.15) is 0 Å². The van der Waals surface area contributed by atoms with E-state index in [0.29, 0.717) is 12.4 Å². The first kappa shape index (κ1) is 15.3. The van der Waals surface area contributed by atoms with Gasteiger partial charge in [-0.15, -0.1) is 11.3 Å². The van der Waals surface area contributed by atoms with Gasteiger partial charge < -0.3 is 15.0 Å². The van der Waals surface area contributed by atoms with Crippen LogP contribution in [0.15, 0.2) is 35.2 Å². The van der Waals surface area contributed by atoms with Crippen LogP contribution >= 0.6 is 11.3 Å². The molecule has 1 amide bonds. The normalized spacial score (nSPS) is 15.5. The highest BCUT2D eigenvalue weighted by atomic mass is 32.1. The predicted molar refractivity (Wildman–Crippen MR) is 92.6 cm³/mol. The molecule has 0 radical (unpaired) electrons. The molecule has 0 spiro atoms. The number of aliphatic hydroxyl groups excluding tert-OH is 1. The van der Waals surface area contributed by atoms with Crippen molar-refractivity contribution in [2.75, 3.05) is 13.2 Å². The zero-order valence-corrected chi connectivity index (χ0v) is 13.9. The third-order valence-corrected chi connectivity index (χ3v) is 5.16. The van der Waals surface area contributed by atoms with Gasteiger partial charge >= 0.3 is 0 Å². The first-order valence-electron chi connectivity index (χ1n) is 7.92. The van der Waals surface area contributed by atoms with Gasteiger partial charge in [-0.25, -0.2) is 9.97 Å². The smallest absolute Gasteiger partial charge is 0.240 e. The lowest BCUT2D eigenvalue weighted by atomic mass is 10.1. The molecule has 2 N–H and O–H groups in total. The van der Waals surface area contributed by atoms with Gasteiger partial charge in [0, 0.05) is 17.3 Å². The van der Waals surface area contributed by atoms with Crippen molar-refractivity contribution in [2.45, 2.75) is 19.4 Å². The summed E-state index contributed by atoms with van der Waals surface area (Å²) < 4.78 is 1.90. The van der Waals surface area contributed by atoms with E-state index in [1.807, 2.05) is 34.2 Å². The molecule has 0 saturated heterocycles. The van der Waals surface area contributed by atoms with Gasteiger partial charge in [-0.1, -0.05) is 12.1 Å². The molecule has 24 heavy (non-hydrogen) atoms. The molecule has 0 atom stereocenters. The van der Waals surface area contributed by atoms with E-state index in [2.05, 4.69) is 15.3 Å². The Bertz CT molecular complexity index is 868. The van der Waals surface area contributed by atoms with Crippen molar-refractivity contribution in [3.8, 4) is 11.5 Å². The largest absolute Gasteiger partial charge is 0.396 e. The van der Waals surface area contributed by atoms with Crippen LogP contribution in [-0.2, 0) is 11.3 Å². The fourth-order valence-electron chi connectivity index (χ4n) is 2.81. The summed E-state index contributed by atoms with van der Waals surface area (Å²) in [6, 6.07) is 7.77. The van der Waals surface area contributed by atoms with E-state index in [4.69, 9.17) is 0 Å². The molecule has 0 unspecified atom stereocenters. The lowest BCUT2D eigenvalue weighted by Crippen LogP contribution is -2.34. The molecule has 1 fully saturated rings. The van der Waals surface area contributed by atoms with Crippen molar-refractivity contribution < 1.29 is 9.90 Å². The van der Waals surface area contributed by atoms with E-state index >= 15 is 0 Å². The van der Waals surface area contributed by atoms with Crippen LogP contribution in [0.5, 0.6) is 0 Å². The van der Waals surface area contributed by atoms with E-state index in [-0.39, 0.29) is 24.5 Å². The van der Waals surface area contributed by atoms with Crippen LogP contribution in [0, 0.1) is 5.41 Å². The van der Waals surface area contributed by atoms with Crippen LogP contribution in [-0.4, -0.2) is 38.7 Å². The Morgan fingerprint density at radius 1 is 1.38 bits per heavy atom. The van der Waals surface area contributed by atoms with Crippen LogP contribution in [0.25, 0.3) is 22.6 Å². The van der Waals surface area contributed by atoms with Crippen LogP contribution in [0.1, 0.15) is 12.8 Å². The monoisotopic (exact) mass is 342 g/mol. The number of aliphatic hydroxyl groups is 1. The number of para-hydroxylation sites is 2. The highest BCUT2D eigenvalue weighted by molar-refractivity contribution is 7.07. The number of imidazole rings is 1. The average Bonchev–Trinajstić information content (AvgIpc) is 3.02. The van der Waals surface area contributed by atoms with Gasteiger partial charge in [0.2, 0.25) is 5.91 Å². The minimum Gasteiger partial charge on any atom is -0.396 e. The highest BCUT2D eigenvalue weighted by Gasteiger charge is 2.42. The maximum atomic E-state index is 12.4. The summed E-state index contributed by atoms with van der Waals surface area (Å²) in [4.78, 5) is 21.4. The summed E-state index contributed by atoms with van der Waals surface area (Å²) in [5, 5.41) is 14.2. The van der Waals surface area contributed by atoms with Crippen LogP contribution in [0.4, 0.5) is 0 Å². The third kappa shape index (κ3) is 2.81. The summed E-state index contributed by atoms with van der Waals surface area (Å²) in [6.45, 7) is 0.848. The Hall–Kier alpha value is -2.25. The second kappa shape index (κ2) is 5.99. The Morgan fingerprint density at radius 3 is 2.92 bits per heavy atom. The maximum Gasteiger partial charge on any atom is 0.240 e. The van der Waals surface area contributed by atoms with Gasteiger partial charge in [0.05, 0.1) is 23.2 Å². The number of aromatic nitrogens is 3. The predicted octanol–water partition coefficient (Wildman–Crippen LogP) is 2.05. The van der Waals surface area contributed by atoms with Gasteiger partial charge in [0.15, 0.2) is 5.82 Å². The molecule has 1 saturated carbocycles. The van der Waals surface area contributed by atoms with Crippen molar-refractivity contribution in [1.82, 2.24) is 19.9 Å². The number of carbonyl (C=O) groups excluding carboxylic acids is 1. The molecule has 3 aromatic rings. The number of nitrogens with one attached hydrogen (secondary N) is 1. The molecule has 2 aromatic heterocycles. The quantitative estimate of drug-likeness (QED) is 0.718. The van der Waals surface area contributed by atoms with Crippen LogP contribution < -0.4 is 5.32 Å². The van der Waals surface area contributed by atoms with Gasteiger partial charge in [-0.3, -0.25) is 4.79 Å². The minimum absolute atomic E-state index is 0.0747. The van der Waals surface area contributed by atoms with Crippen molar-refractivity contribution in [2.24, 2.45) is 5.41 Å². The lowest BCUT2D eigenvalue weighted by Gasteiger charge is -2.14. The first-order chi connectivity index (χ1) is 11.7. The molecule has 2 heterocycles. The Morgan fingerprint density at radius 2 is 2.21 bits per heavy atom. The van der Waals surface area contributed by atoms with E-state index in [1.165, 1.54) is 11.3 Å². The number of hydrogen-bond donors (Lipinski definition) is 2. The molecule has 1 aromatic carbocycles. The van der Waals surface area contributed by atoms with Gasteiger partial charge in [0.25, 0.3) is 0 Å². The van der Waals surface area contributed by atoms with Gasteiger partial charge in [-0.05, 0) is 25.0 Å². The van der Waals surface area contributed by atoms with E-state index in [0.717, 1.165) is 29.6 Å².